The number of nitrogens with zero attached hydrogens (tertiary/aromatic N) is 1. The van der Waals surface area contributed by atoms with Crippen molar-refractivity contribution in [1.29, 1.82) is 0 Å². The molecule has 1 aromatic rings. The molecule has 1 aromatic carbocycles. The van der Waals surface area contributed by atoms with Crippen LogP contribution in [0.2, 0.25) is 0 Å². The molecule has 148 valence electrons. The van der Waals surface area contributed by atoms with Crippen molar-refractivity contribution in [2.45, 2.75) is 39.2 Å². The second-order valence-corrected chi connectivity index (χ2v) is 7.55. The highest BCUT2D eigenvalue weighted by Crippen LogP contribution is 2.38. The molecule has 0 bridgehead atoms. The van der Waals surface area contributed by atoms with Crippen molar-refractivity contribution in [2.24, 2.45) is 5.92 Å². The van der Waals surface area contributed by atoms with Gasteiger partial charge in [-0.15, -0.1) is 0 Å². The zero-order valence-corrected chi connectivity index (χ0v) is 15.6. The maximum absolute atomic E-state index is 14.3. The van der Waals surface area contributed by atoms with Gasteiger partial charge in [0.05, 0.1) is 11.6 Å². The van der Waals surface area contributed by atoms with E-state index in [2.05, 4.69) is 5.32 Å². The van der Waals surface area contributed by atoms with Gasteiger partial charge in [-0.1, -0.05) is 0 Å². The summed E-state index contributed by atoms with van der Waals surface area (Å²) in [5, 5.41) is 21.4. The number of anilines is 1. The summed E-state index contributed by atoms with van der Waals surface area (Å²) in [6.45, 7) is 4.70. The first-order valence-corrected chi connectivity index (χ1v) is 8.39. The number of amides is 2. The molecule has 27 heavy (non-hydrogen) atoms. The van der Waals surface area contributed by atoms with Gasteiger partial charge in [-0.05, 0) is 50.8 Å². The number of hydrogen-bond acceptors (Lipinski definition) is 5. The number of ether oxygens (including phenoxy) is 1. The van der Waals surface area contributed by atoms with Crippen LogP contribution >= 0.6 is 0 Å². The molecule has 1 aliphatic rings. The molecule has 2 amide bonds. The number of aliphatic carboxylic acids is 1. The van der Waals surface area contributed by atoms with Gasteiger partial charge in [-0.3, -0.25) is 9.59 Å². The van der Waals surface area contributed by atoms with E-state index in [1.165, 1.54) is 13.1 Å². The monoisotopic (exact) mass is 382 g/mol. The summed E-state index contributed by atoms with van der Waals surface area (Å²) in [7, 11) is 1.37. The van der Waals surface area contributed by atoms with Crippen molar-refractivity contribution in [3.05, 3.63) is 23.0 Å². The highest BCUT2D eigenvalue weighted by Gasteiger charge is 2.32. The van der Waals surface area contributed by atoms with Crippen molar-refractivity contribution in [3.63, 3.8) is 0 Å². The van der Waals surface area contributed by atoms with Crippen molar-refractivity contribution >= 4 is 23.7 Å². The third-order valence-corrected chi connectivity index (χ3v) is 4.06. The van der Waals surface area contributed by atoms with E-state index in [0.717, 1.165) is 4.90 Å². The molecule has 3 N–H and O–H groups in total. The van der Waals surface area contributed by atoms with E-state index in [1.54, 1.807) is 20.8 Å². The largest absolute Gasteiger partial charge is 0.503 e. The molecule has 0 radical (unpaired) electrons. The number of hydrogen-bond donors (Lipinski definition) is 3. The Bertz CT molecular complexity index is 787. The van der Waals surface area contributed by atoms with Crippen LogP contribution in [0.3, 0.4) is 0 Å². The predicted molar refractivity (Wildman–Crippen MR) is 94.1 cm³/mol. The number of rotatable bonds is 4. The molecule has 1 unspecified atom stereocenters. The second kappa shape index (κ2) is 7.42. The van der Waals surface area contributed by atoms with Crippen molar-refractivity contribution in [2.75, 3.05) is 18.9 Å². The van der Waals surface area contributed by atoms with Gasteiger partial charge in [-0.25, -0.2) is 9.18 Å². The van der Waals surface area contributed by atoms with Crippen molar-refractivity contribution < 1.29 is 33.7 Å². The number of carboxylic acids is 1. The first-order valence-electron chi connectivity index (χ1n) is 8.39. The van der Waals surface area contributed by atoms with E-state index < -0.39 is 41.1 Å². The van der Waals surface area contributed by atoms with Gasteiger partial charge in [0.15, 0.2) is 11.6 Å². The highest BCUT2D eigenvalue weighted by molar-refractivity contribution is 5.95. The number of carboxylic acid groups (broad SMARTS) is 1. The average Bonchev–Trinajstić information content (AvgIpc) is 2.95. The summed E-state index contributed by atoms with van der Waals surface area (Å²) in [5.74, 6) is -4.17. The van der Waals surface area contributed by atoms with E-state index in [-0.39, 0.29) is 30.6 Å². The van der Waals surface area contributed by atoms with Gasteiger partial charge in [0, 0.05) is 7.05 Å². The van der Waals surface area contributed by atoms with Crippen molar-refractivity contribution in [3.8, 4) is 5.75 Å². The molecule has 9 heteroatoms. The van der Waals surface area contributed by atoms with E-state index >= 15 is 0 Å². The summed E-state index contributed by atoms with van der Waals surface area (Å²) < 4.78 is 19.5. The summed E-state index contributed by atoms with van der Waals surface area (Å²) in [6.07, 6.45) is -0.603. The number of fused-ring (bicyclic) bond motifs is 1. The van der Waals surface area contributed by atoms with Crippen LogP contribution in [0.5, 0.6) is 5.75 Å². The third-order valence-electron chi connectivity index (χ3n) is 4.06. The zero-order valence-electron chi connectivity index (χ0n) is 15.6. The summed E-state index contributed by atoms with van der Waals surface area (Å²) in [6, 6.07) is 1.36. The Kier molecular flexibility index (Phi) is 5.62. The Morgan fingerprint density at radius 1 is 1.33 bits per heavy atom. The first-order chi connectivity index (χ1) is 12.4. The summed E-state index contributed by atoms with van der Waals surface area (Å²) >= 11 is 0. The molecule has 1 atom stereocenters. The molecule has 0 aromatic heterocycles. The fraction of sp³-hybridized carbons (Fsp3) is 0.500. The second-order valence-electron chi connectivity index (χ2n) is 7.55. The lowest BCUT2D eigenvalue weighted by Gasteiger charge is -2.24. The van der Waals surface area contributed by atoms with Crippen LogP contribution in [0.4, 0.5) is 14.9 Å². The number of nitrogens with one attached hydrogen (secondary N) is 1. The smallest absolute Gasteiger partial charge is 0.410 e. The van der Waals surface area contributed by atoms with Gasteiger partial charge in [0.25, 0.3) is 0 Å². The van der Waals surface area contributed by atoms with Gasteiger partial charge >= 0.3 is 12.1 Å². The Morgan fingerprint density at radius 2 is 1.96 bits per heavy atom. The minimum Gasteiger partial charge on any atom is -0.503 e. The molecule has 8 nitrogen and oxygen atoms in total. The van der Waals surface area contributed by atoms with Crippen LogP contribution in [-0.4, -0.2) is 52.3 Å². The Hall–Kier alpha value is -2.84. The summed E-state index contributed by atoms with van der Waals surface area (Å²) in [4.78, 5) is 36.2. The third kappa shape index (κ3) is 4.87. The molecular formula is C18H23FN2O6. The van der Waals surface area contributed by atoms with Crippen LogP contribution in [0.25, 0.3) is 0 Å². The van der Waals surface area contributed by atoms with Crippen LogP contribution in [0.15, 0.2) is 6.07 Å². The predicted octanol–water partition coefficient (Wildman–Crippen LogP) is 2.14. The molecule has 0 saturated carbocycles. The minimum absolute atomic E-state index is 0.0142. The number of carbonyl (C=O) groups excluding carboxylic acids is 2. The lowest BCUT2D eigenvalue weighted by atomic mass is 10.1. The van der Waals surface area contributed by atoms with Crippen molar-refractivity contribution in [1.82, 2.24) is 4.90 Å². The van der Waals surface area contributed by atoms with Crippen LogP contribution in [0, 0.1) is 11.7 Å². The fourth-order valence-corrected chi connectivity index (χ4v) is 2.80. The van der Waals surface area contributed by atoms with Gasteiger partial charge in [0.1, 0.15) is 12.1 Å². The molecule has 0 fully saturated rings. The molecular weight excluding hydrogens is 359 g/mol. The number of carbonyl (C=O) groups is 3. The Labute approximate surface area is 155 Å². The SMILES string of the molecule is CN(CC(=O)Nc1cc2c(c(F)c1O)CC(C(=O)O)C2)C(=O)OC(C)(C)C. The average molecular weight is 382 g/mol. The summed E-state index contributed by atoms with van der Waals surface area (Å²) in [5.41, 5.74) is -0.318. The maximum atomic E-state index is 14.3. The van der Waals surface area contributed by atoms with Gasteiger partial charge in [0.2, 0.25) is 5.91 Å². The Balaban J connectivity index is 2.09. The van der Waals surface area contributed by atoms with E-state index in [9.17, 15) is 23.9 Å². The lowest BCUT2D eigenvalue weighted by molar-refractivity contribution is -0.141. The quantitative estimate of drug-likeness (QED) is 0.687. The number of phenols is 1. The number of halogens is 1. The van der Waals surface area contributed by atoms with Crippen LogP contribution in [-0.2, 0) is 27.2 Å². The number of aromatic hydroxyl groups is 1. The number of benzene rings is 1. The van der Waals surface area contributed by atoms with E-state index in [1.807, 2.05) is 0 Å². The minimum atomic E-state index is -1.05. The normalized spacial score (nSPS) is 15.8. The standard InChI is InChI=1S/C18H23FN2O6/c1-18(2,3)27-17(26)21(4)8-13(22)20-12-7-9-5-10(16(24)25)6-11(9)14(19)15(12)23/h7,10,23H,5-6,8H2,1-4H3,(H,20,22)(H,24,25). The number of phenolic OH excluding ortho intramolecular Hbond substituents is 1. The topological polar surface area (TPSA) is 116 Å². The molecule has 2 rings (SSSR count). The highest BCUT2D eigenvalue weighted by atomic mass is 19.1. The maximum Gasteiger partial charge on any atom is 0.410 e. The lowest BCUT2D eigenvalue weighted by Crippen LogP contribution is -2.38. The van der Waals surface area contributed by atoms with E-state index in [0.29, 0.717) is 5.56 Å². The number of likely N-dealkylation sites (N-methyl/N-ethyl adjacent to an activating group) is 1. The Morgan fingerprint density at radius 3 is 2.52 bits per heavy atom. The van der Waals surface area contributed by atoms with E-state index in [4.69, 9.17) is 9.84 Å². The first kappa shape index (κ1) is 20.5. The molecule has 0 aliphatic heterocycles. The molecule has 1 aliphatic carbocycles. The zero-order chi connectivity index (χ0) is 20.5. The molecule has 0 spiro atoms. The van der Waals surface area contributed by atoms with Gasteiger partial charge < -0.3 is 25.2 Å². The molecule has 0 saturated heterocycles. The van der Waals surface area contributed by atoms with Crippen LogP contribution in [0.1, 0.15) is 31.9 Å². The van der Waals surface area contributed by atoms with Crippen LogP contribution < -0.4 is 5.32 Å². The fourth-order valence-electron chi connectivity index (χ4n) is 2.80. The molecule has 0 heterocycles. The van der Waals surface area contributed by atoms with Gasteiger partial charge in [-0.2, -0.15) is 0 Å².